The molecule has 0 aliphatic rings. The number of urea groups is 1. The number of carboxylic acids is 1. The zero-order valence-corrected chi connectivity index (χ0v) is 10.4. The highest BCUT2D eigenvalue weighted by atomic mass is 16.5. The highest BCUT2D eigenvalue weighted by molar-refractivity contribution is 5.76. The van der Waals surface area contributed by atoms with E-state index in [1.54, 1.807) is 12.1 Å². The van der Waals surface area contributed by atoms with E-state index in [1.165, 1.54) is 7.11 Å². The van der Waals surface area contributed by atoms with Crippen molar-refractivity contribution in [3.05, 3.63) is 29.8 Å². The minimum absolute atomic E-state index is 0.235. The van der Waals surface area contributed by atoms with Crippen LogP contribution in [0.5, 0.6) is 5.75 Å². The van der Waals surface area contributed by atoms with Gasteiger partial charge >= 0.3 is 12.0 Å². The molecule has 0 aliphatic heterocycles. The predicted octanol–water partition coefficient (Wildman–Crippen LogP) is -0.0601. The van der Waals surface area contributed by atoms with E-state index in [-0.39, 0.29) is 13.1 Å². The summed E-state index contributed by atoms with van der Waals surface area (Å²) in [6, 6.07) is 6.62. The number of aliphatic hydroxyl groups excluding tert-OH is 1. The molecule has 2 amide bonds. The number of benzene rings is 1. The van der Waals surface area contributed by atoms with Crippen LogP contribution in [-0.4, -0.2) is 42.0 Å². The molecule has 0 saturated carbocycles. The lowest BCUT2D eigenvalue weighted by molar-refractivity contribution is -0.146. The smallest absolute Gasteiger partial charge is 0.334 e. The summed E-state index contributed by atoms with van der Waals surface area (Å²) in [5.74, 6) is -0.738. The number of hydrogen-bond donors (Lipinski definition) is 4. The highest BCUT2D eigenvalue weighted by Crippen LogP contribution is 2.16. The van der Waals surface area contributed by atoms with Crippen molar-refractivity contribution in [2.75, 3.05) is 13.7 Å². The Bertz CT molecular complexity index is 450. The van der Waals surface area contributed by atoms with Crippen molar-refractivity contribution in [2.24, 2.45) is 0 Å². The molecular formula is C12H16N2O5. The number of nitrogens with one attached hydrogen (secondary N) is 2. The second-order valence-corrected chi connectivity index (χ2v) is 3.73. The SMILES string of the molecule is COc1ccccc1CNC(=O)NCC(O)C(=O)O. The average molecular weight is 268 g/mol. The Kier molecular flexibility index (Phi) is 5.62. The molecule has 0 radical (unpaired) electrons. The quantitative estimate of drug-likeness (QED) is 0.578. The van der Waals surface area contributed by atoms with Crippen LogP contribution in [0.1, 0.15) is 5.56 Å². The summed E-state index contributed by atoms with van der Waals surface area (Å²) < 4.78 is 5.12. The summed E-state index contributed by atoms with van der Waals surface area (Å²) in [5, 5.41) is 22.2. The number of carboxylic acid groups (broad SMARTS) is 1. The fourth-order valence-electron chi connectivity index (χ4n) is 1.36. The zero-order valence-electron chi connectivity index (χ0n) is 10.4. The number of amides is 2. The lowest BCUT2D eigenvalue weighted by Gasteiger charge is -2.11. The van der Waals surface area contributed by atoms with Crippen molar-refractivity contribution in [3.8, 4) is 5.75 Å². The molecule has 7 nitrogen and oxygen atoms in total. The molecule has 1 aromatic carbocycles. The Hall–Kier alpha value is -2.28. The maximum atomic E-state index is 11.4. The second-order valence-electron chi connectivity index (χ2n) is 3.73. The van der Waals surface area contributed by atoms with Crippen LogP contribution >= 0.6 is 0 Å². The molecule has 0 aliphatic carbocycles. The van der Waals surface area contributed by atoms with Gasteiger partial charge in [-0.3, -0.25) is 0 Å². The highest BCUT2D eigenvalue weighted by Gasteiger charge is 2.13. The van der Waals surface area contributed by atoms with Gasteiger partial charge < -0.3 is 25.6 Å². The maximum absolute atomic E-state index is 11.4. The molecule has 0 fully saturated rings. The monoisotopic (exact) mass is 268 g/mol. The Labute approximate surface area is 110 Å². The molecule has 0 saturated heterocycles. The Balaban J connectivity index is 2.40. The van der Waals surface area contributed by atoms with E-state index in [4.69, 9.17) is 14.9 Å². The lowest BCUT2D eigenvalue weighted by Crippen LogP contribution is -2.41. The Morgan fingerprint density at radius 3 is 2.63 bits per heavy atom. The maximum Gasteiger partial charge on any atom is 0.334 e. The molecule has 19 heavy (non-hydrogen) atoms. The van der Waals surface area contributed by atoms with E-state index in [2.05, 4.69) is 10.6 Å². The molecule has 0 aromatic heterocycles. The minimum Gasteiger partial charge on any atom is -0.496 e. The summed E-state index contributed by atoms with van der Waals surface area (Å²) in [7, 11) is 1.53. The summed E-state index contributed by atoms with van der Waals surface area (Å²) in [4.78, 5) is 21.7. The first kappa shape index (κ1) is 14.8. The van der Waals surface area contributed by atoms with Gasteiger partial charge in [-0.05, 0) is 6.07 Å². The van der Waals surface area contributed by atoms with Gasteiger partial charge in [0.2, 0.25) is 0 Å². The van der Waals surface area contributed by atoms with Crippen molar-refractivity contribution in [1.82, 2.24) is 10.6 Å². The number of hydrogen-bond acceptors (Lipinski definition) is 4. The van der Waals surface area contributed by atoms with Crippen LogP contribution in [0.3, 0.4) is 0 Å². The van der Waals surface area contributed by atoms with E-state index in [0.29, 0.717) is 5.75 Å². The predicted molar refractivity (Wildman–Crippen MR) is 66.9 cm³/mol. The molecule has 0 bridgehead atoms. The molecule has 1 rings (SSSR count). The lowest BCUT2D eigenvalue weighted by atomic mass is 10.2. The number of ether oxygens (including phenoxy) is 1. The standard InChI is InChI=1S/C12H16N2O5/c1-19-10-5-3-2-4-8(10)6-13-12(18)14-7-9(15)11(16)17/h2-5,9,15H,6-7H2,1H3,(H,16,17)(H2,13,14,18). The summed E-state index contributed by atoms with van der Waals surface area (Å²) in [6.45, 7) is -0.119. The minimum atomic E-state index is -1.61. The van der Waals surface area contributed by atoms with E-state index in [9.17, 15) is 9.59 Å². The molecule has 0 heterocycles. The summed E-state index contributed by atoms with van der Waals surface area (Å²) in [5.41, 5.74) is 0.791. The fourth-order valence-corrected chi connectivity index (χ4v) is 1.36. The van der Waals surface area contributed by atoms with Gasteiger partial charge in [0, 0.05) is 12.1 Å². The van der Waals surface area contributed by atoms with Crippen LogP contribution in [0.4, 0.5) is 4.79 Å². The van der Waals surface area contributed by atoms with Crippen LogP contribution in [0.15, 0.2) is 24.3 Å². The van der Waals surface area contributed by atoms with E-state index >= 15 is 0 Å². The topological polar surface area (TPSA) is 108 Å². The van der Waals surface area contributed by atoms with E-state index in [1.807, 2.05) is 12.1 Å². The molecule has 7 heteroatoms. The summed E-state index contributed by atoms with van der Waals surface area (Å²) in [6.07, 6.45) is -1.61. The Morgan fingerprint density at radius 1 is 1.32 bits per heavy atom. The van der Waals surface area contributed by atoms with Crippen molar-refractivity contribution in [3.63, 3.8) is 0 Å². The number of para-hydroxylation sites is 1. The molecular weight excluding hydrogens is 252 g/mol. The van der Waals surface area contributed by atoms with E-state index in [0.717, 1.165) is 5.56 Å². The van der Waals surface area contributed by atoms with Crippen molar-refractivity contribution < 1.29 is 24.5 Å². The number of carbonyl (C=O) groups is 2. The van der Waals surface area contributed by atoms with Crippen LogP contribution in [0.25, 0.3) is 0 Å². The third-order valence-corrected chi connectivity index (χ3v) is 2.37. The van der Waals surface area contributed by atoms with Crippen molar-refractivity contribution >= 4 is 12.0 Å². The van der Waals surface area contributed by atoms with Crippen LogP contribution in [0, 0.1) is 0 Å². The number of aliphatic carboxylic acids is 1. The van der Waals surface area contributed by atoms with Crippen LogP contribution in [-0.2, 0) is 11.3 Å². The number of rotatable bonds is 6. The zero-order chi connectivity index (χ0) is 14.3. The van der Waals surface area contributed by atoms with Gasteiger partial charge in [0.15, 0.2) is 6.10 Å². The average Bonchev–Trinajstić information content (AvgIpc) is 2.42. The third kappa shape index (κ3) is 4.84. The van der Waals surface area contributed by atoms with Crippen LogP contribution < -0.4 is 15.4 Å². The van der Waals surface area contributed by atoms with Gasteiger partial charge in [-0.1, -0.05) is 18.2 Å². The first-order valence-corrected chi connectivity index (χ1v) is 5.59. The first-order chi connectivity index (χ1) is 9.04. The van der Waals surface area contributed by atoms with Gasteiger partial charge in [-0.2, -0.15) is 0 Å². The molecule has 1 atom stereocenters. The third-order valence-electron chi connectivity index (χ3n) is 2.37. The van der Waals surface area contributed by atoms with Crippen LogP contribution in [0.2, 0.25) is 0 Å². The molecule has 104 valence electrons. The fraction of sp³-hybridized carbons (Fsp3) is 0.333. The van der Waals surface area contributed by atoms with Gasteiger partial charge in [0.25, 0.3) is 0 Å². The first-order valence-electron chi connectivity index (χ1n) is 5.59. The normalized spacial score (nSPS) is 11.5. The Morgan fingerprint density at radius 2 is 2.00 bits per heavy atom. The second kappa shape index (κ2) is 7.22. The largest absolute Gasteiger partial charge is 0.496 e. The molecule has 1 unspecified atom stereocenters. The van der Waals surface area contributed by atoms with Gasteiger partial charge in [0.1, 0.15) is 5.75 Å². The van der Waals surface area contributed by atoms with Gasteiger partial charge in [0.05, 0.1) is 13.7 Å². The van der Waals surface area contributed by atoms with Gasteiger partial charge in [-0.25, -0.2) is 9.59 Å². The summed E-state index contributed by atoms with van der Waals surface area (Å²) >= 11 is 0. The number of carbonyl (C=O) groups excluding carboxylic acids is 1. The molecule has 4 N–H and O–H groups in total. The molecule has 1 aromatic rings. The van der Waals surface area contributed by atoms with E-state index < -0.39 is 18.1 Å². The van der Waals surface area contributed by atoms with Gasteiger partial charge in [-0.15, -0.1) is 0 Å². The molecule has 0 spiro atoms. The number of methoxy groups -OCH3 is 1. The van der Waals surface area contributed by atoms with Crippen molar-refractivity contribution in [1.29, 1.82) is 0 Å². The number of aliphatic hydroxyl groups is 1. The van der Waals surface area contributed by atoms with Crippen molar-refractivity contribution in [2.45, 2.75) is 12.6 Å².